The Kier molecular flexibility index (Phi) is 11.7. The largest absolute Gasteiger partial charge is 0.416 e. The predicted octanol–water partition coefficient (Wildman–Crippen LogP) is 9.94. The smallest absolute Gasteiger partial charge is 0.269 e. The Bertz CT molecular complexity index is 1250. The molecule has 0 aliphatic heterocycles. The van der Waals surface area contributed by atoms with Crippen LogP contribution in [-0.4, -0.2) is 14.8 Å². The van der Waals surface area contributed by atoms with Crippen LogP contribution in [0.25, 0.3) is 22.4 Å². The summed E-state index contributed by atoms with van der Waals surface area (Å²) in [6.45, 7) is 14.1. The molecule has 0 bridgehead atoms. The third-order valence-electron chi connectivity index (χ3n) is 6.06. The topological polar surface area (TPSA) is 30.7 Å². The Morgan fingerprint density at radius 2 is 1.71 bits per heavy atom. The van der Waals surface area contributed by atoms with Crippen molar-refractivity contribution in [3.8, 4) is 11.3 Å². The van der Waals surface area contributed by atoms with Gasteiger partial charge in [-0.05, 0) is 72.9 Å². The molecule has 0 aliphatic carbocycles. The van der Waals surface area contributed by atoms with Crippen molar-refractivity contribution < 1.29 is 17.6 Å². The number of hydrogen-bond donors (Lipinski definition) is 0. The van der Waals surface area contributed by atoms with E-state index in [1.54, 1.807) is 18.2 Å². The van der Waals surface area contributed by atoms with E-state index < -0.39 is 17.6 Å². The number of hydrogen-bond acceptors (Lipinski definition) is 2. The van der Waals surface area contributed by atoms with E-state index >= 15 is 0 Å². The van der Waals surface area contributed by atoms with E-state index in [1.807, 2.05) is 50.0 Å². The lowest BCUT2D eigenvalue weighted by atomic mass is 9.98. The van der Waals surface area contributed by atoms with Crippen molar-refractivity contribution in [2.24, 2.45) is 0 Å². The van der Waals surface area contributed by atoms with Gasteiger partial charge >= 0.3 is 6.18 Å². The summed E-state index contributed by atoms with van der Waals surface area (Å²) in [5.74, 6) is -0.766. The van der Waals surface area contributed by atoms with Crippen LogP contribution in [0.15, 0.2) is 73.7 Å². The predicted molar refractivity (Wildman–Crippen MR) is 149 cm³/mol. The number of pyridine rings is 1. The van der Waals surface area contributed by atoms with Gasteiger partial charge in [0.2, 0.25) is 0 Å². The lowest BCUT2D eigenvalue weighted by Gasteiger charge is -2.15. The Balaban J connectivity index is 0.00000247. The van der Waals surface area contributed by atoms with Gasteiger partial charge in [0.05, 0.1) is 23.5 Å². The molecule has 204 valence electrons. The van der Waals surface area contributed by atoms with Crippen LogP contribution in [0.2, 0.25) is 0 Å². The zero-order valence-electron chi connectivity index (χ0n) is 22.8. The molecule has 38 heavy (non-hydrogen) atoms. The fraction of sp³-hybridized carbons (Fsp3) is 0.355. The molecule has 0 unspecified atom stereocenters. The molecule has 0 saturated carbocycles. The highest BCUT2D eigenvalue weighted by Gasteiger charge is 2.31. The highest BCUT2D eigenvalue weighted by atomic mass is 19.4. The number of nitrogens with zero attached hydrogens (tertiary/aromatic N) is 3. The molecule has 1 aromatic carbocycles. The first-order valence-corrected chi connectivity index (χ1v) is 13.1. The first-order valence-electron chi connectivity index (χ1n) is 13.1. The standard InChI is InChI=1S/C29H31F4N3.C2H6/c1-5-9-25(10-6-2)36-19-23(18-35-36)21(8-4)15-20(7-3)22-13-14-34-28(16-22)26-17-24(29(31,32)33)11-12-27(26)30;1-2/h7-8,11-19,25H,4-6,9-10H2,1-3H3;1-2H3/b20-7+,21-15+;. The van der Waals surface area contributed by atoms with Crippen LogP contribution in [0, 0.1) is 5.82 Å². The number of alkyl halides is 3. The molecule has 0 aliphatic rings. The Morgan fingerprint density at radius 1 is 1.03 bits per heavy atom. The van der Waals surface area contributed by atoms with Crippen LogP contribution in [0.3, 0.4) is 0 Å². The summed E-state index contributed by atoms with van der Waals surface area (Å²) in [5, 5.41) is 4.59. The Hall–Kier alpha value is -3.48. The van der Waals surface area contributed by atoms with Gasteiger partial charge in [0, 0.05) is 23.5 Å². The van der Waals surface area contributed by atoms with E-state index in [-0.39, 0.29) is 11.3 Å². The molecule has 0 saturated heterocycles. The molecule has 3 nitrogen and oxygen atoms in total. The molecule has 0 radical (unpaired) electrons. The highest BCUT2D eigenvalue weighted by molar-refractivity contribution is 5.87. The van der Waals surface area contributed by atoms with Crippen LogP contribution in [-0.2, 0) is 6.18 Å². The summed E-state index contributed by atoms with van der Waals surface area (Å²) < 4.78 is 56.0. The second-order valence-corrected chi connectivity index (χ2v) is 8.61. The average Bonchev–Trinajstić information content (AvgIpc) is 3.40. The lowest BCUT2D eigenvalue weighted by molar-refractivity contribution is -0.137. The molecular formula is C31H37F4N3. The fourth-order valence-electron chi connectivity index (χ4n) is 4.18. The molecule has 7 heteroatoms. The van der Waals surface area contributed by atoms with Gasteiger partial charge in [0.25, 0.3) is 0 Å². The minimum absolute atomic E-state index is 0.124. The third kappa shape index (κ3) is 7.76. The number of rotatable bonds is 10. The molecular weight excluding hydrogens is 490 g/mol. The van der Waals surface area contributed by atoms with Crippen LogP contribution in [0.5, 0.6) is 0 Å². The zero-order chi connectivity index (χ0) is 28.3. The van der Waals surface area contributed by atoms with Gasteiger partial charge in [-0.15, -0.1) is 0 Å². The maximum Gasteiger partial charge on any atom is 0.416 e. The van der Waals surface area contributed by atoms with Crippen molar-refractivity contribution in [1.29, 1.82) is 0 Å². The van der Waals surface area contributed by atoms with Crippen LogP contribution in [0.4, 0.5) is 17.6 Å². The summed E-state index contributed by atoms with van der Waals surface area (Å²) in [6.07, 6.45) is 10.5. The normalized spacial score (nSPS) is 12.4. The van der Waals surface area contributed by atoms with E-state index in [2.05, 4.69) is 30.5 Å². The second kappa shape index (κ2) is 14.5. The van der Waals surface area contributed by atoms with Crippen LogP contribution in [0.1, 0.15) is 83.0 Å². The third-order valence-corrected chi connectivity index (χ3v) is 6.06. The second-order valence-electron chi connectivity index (χ2n) is 8.61. The summed E-state index contributed by atoms with van der Waals surface area (Å²) in [6, 6.07) is 6.01. The van der Waals surface area contributed by atoms with Crippen molar-refractivity contribution >= 4 is 11.1 Å². The van der Waals surface area contributed by atoms with Gasteiger partial charge in [-0.1, -0.05) is 59.3 Å². The first-order chi connectivity index (χ1) is 18.2. The van der Waals surface area contributed by atoms with E-state index in [1.165, 1.54) is 6.20 Å². The molecule has 0 N–H and O–H groups in total. The number of aromatic nitrogens is 3. The van der Waals surface area contributed by atoms with E-state index in [0.717, 1.165) is 60.6 Å². The van der Waals surface area contributed by atoms with E-state index in [0.29, 0.717) is 11.6 Å². The molecule has 3 aromatic rings. The molecule has 2 heterocycles. The number of allylic oxidation sites excluding steroid dienone is 5. The van der Waals surface area contributed by atoms with Crippen LogP contribution < -0.4 is 0 Å². The van der Waals surface area contributed by atoms with Crippen molar-refractivity contribution in [3.05, 3.63) is 96.2 Å². The van der Waals surface area contributed by atoms with Gasteiger partial charge in [-0.2, -0.15) is 18.3 Å². The van der Waals surface area contributed by atoms with Crippen molar-refractivity contribution in [1.82, 2.24) is 14.8 Å². The maximum absolute atomic E-state index is 14.5. The van der Waals surface area contributed by atoms with Gasteiger partial charge in [0.1, 0.15) is 5.82 Å². The summed E-state index contributed by atoms with van der Waals surface area (Å²) in [5.41, 5.74) is 2.26. The maximum atomic E-state index is 14.5. The highest BCUT2D eigenvalue weighted by Crippen LogP contribution is 2.34. The molecule has 2 aromatic heterocycles. The fourth-order valence-corrected chi connectivity index (χ4v) is 4.18. The summed E-state index contributed by atoms with van der Waals surface area (Å²) >= 11 is 0. The zero-order valence-corrected chi connectivity index (χ0v) is 22.8. The van der Waals surface area contributed by atoms with Crippen molar-refractivity contribution in [2.45, 2.75) is 72.5 Å². The molecule has 0 atom stereocenters. The monoisotopic (exact) mass is 527 g/mol. The molecule has 0 spiro atoms. The van der Waals surface area contributed by atoms with Gasteiger partial charge < -0.3 is 0 Å². The average molecular weight is 528 g/mol. The Morgan fingerprint density at radius 3 is 2.29 bits per heavy atom. The number of benzene rings is 1. The summed E-state index contributed by atoms with van der Waals surface area (Å²) in [7, 11) is 0. The minimum Gasteiger partial charge on any atom is -0.269 e. The molecule has 0 fully saturated rings. The SMILES string of the molecule is C=C/C(=C\C(=C/C)c1ccnc(-c2cc(C(F)(F)F)ccc2F)c1)c1cnn(C(CCC)CCC)c1.CC. The van der Waals surface area contributed by atoms with Gasteiger partial charge in [0.15, 0.2) is 0 Å². The minimum atomic E-state index is -4.58. The van der Waals surface area contributed by atoms with Crippen molar-refractivity contribution in [2.75, 3.05) is 0 Å². The van der Waals surface area contributed by atoms with Crippen molar-refractivity contribution in [3.63, 3.8) is 0 Å². The van der Waals surface area contributed by atoms with E-state index in [4.69, 9.17) is 0 Å². The Labute approximate surface area is 223 Å². The summed E-state index contributed by atoms with van der Waals surface area (Å²) in [4.78, 5) is 4.14. The lowest BCUT2D eigenvalue weighted by Crippen LogP contribution is -2.09. The number of halogens is 4. The van der Waals surface area contributed by atoms with E-state index in [9.17, 15) is 17.6 Å². The molecule has 3 rings (SSSR count). The van der Waals surface area contributed by atoms with Gasteiger partial charge in [-0.25, -0.2) is 4.39 Å². The quantitative estimate of drug-likeness (QED) is 0.194. The van der Waals surface area contributed by atoms with Gasteiger partial charge in [-0.3, -0.25) is 9.67 Å². The van der Waals surface area contributed by atoms with Crippen LogP contribution >= 0.6 is 0 Å². The molecule has 0 amide bonds. The first kappa shape index (κ1) is 30.7.